The molecule has 5 heteroatoms. The predicted molar refractivity (Wildman–Crippen MR) is 70.2 cm³/mol. The third-order valence-corrected chi connectivity index (χ3v) is 3.75. The molecule has 1 heterocycles. The zero-order chi connectivity index (χ0) is 12.3. The van der Waals surface area contributed by atoms with Crippen LogP contribution in [0.3, 0.4) is 0 Å². The van der Waals surface area contributed by atoms with Gasteiger partial charge >= 0.3 is 0 Å². The van der Waals surface area contributed by atoms with Gasteiger partial charge in [-0.1, -0.05) is 37.3 Å². The van der Waals surface area contributed by atoms with Crippen LogP contribution in [0, 0.1) is 16.7 Å². The maximum atomic E-state index is 9.11. The highest BCUT2D eigenvalue weighted by Crippen LogP contribution is 2.21. The second-order valence-electron chi connectivity index (χ2n) is 3.42. The van der Waals surface area contributed by atoms with Crippen LogP contribution in [0.5, 0.6) is 0 Å². The van der Waals surface area contributed by atoms with Gasteiger partial charge in [-0.05, 0) is 16.4 Å². The molecule has 0 bridgehead atoms. The number of rotatable bonds is 2. The number of nitriles is 1. The number of hydrogen-bond donors (Lipinski definition) is 2. The monoisotopic (exact) mass is 244 g/mol. The van der Waals surface area contributed by atoms with Crippen LogP contribution in [0.25, 0.3) is 5.70 Å². The number of nitrogens with zero attached hydrogens (tertiary/aromatic N) is 2. The molecule has 1 atom stereocenters. The molecule has 1 aliphatic heterocycles. The van der Waals surface area contributed by atoms with Crippen molar-refractivity contribution in [1.29, 1.82) is 10.7 Å². The number of amidine groups is 1. The Kier molecular flexibility index (Phi) is 3.35. The molecule has 0 aliphatic carbocycles. The molecule has 0 amide bonds. The van der Waals surface area contributed by atoms with E-state index in [1.54, 1.807) is 0 Å². The standard InChI is InChI=1S/C12H12N4S/c1-2-17-15-11(9-6-4-3-5-7-9)10(8-13)12(14)16-17/h3-7H,2H2,1H3,(H2,14,15,16). The molecule has 4 nitrogen and oxygen atoms in total. The van der Waals surface area contributed by atoms with Crippen molar-refractivity contribution < 1.29 is 0 Å². The minimum atomic E-state index is -0.393. The van der Waals surface area contributed by atoms with Crippen LogP contribution in [-0.2, 0) is 10.9 Å². The molecule has 1 unspecified atom stereocenters. The van der Waals surface area contributed by atoms with Crippen LogP contribution in [0.2, 0.25) is 0 Å². The molecule has 0 radical (unpaired) electrons. The van der Waals surface area contributed by atoms with Gasteiger partial charge in [0.05, 0.1) is 5.70 Å². The first-order chi connectivity index (χ1) is 8.26. The molecule has 86 valence electrons. The van der Waals surface area contributed by atoms with Crippen molar-refractivity contribution in [1.82, 2.24) is 4.72 Å². The first kappa shape index (κ1) is 11.6. The highest BCUT2D eigenvalue weighted by molar-refractivity contribution is 7.86. The second kappa shape index (κ2) is 4.93. The van der Waals surface area contributed by atoms with E-state index in [-0.39, 0.29) is 5.84 Å². The van der Waals surface area contributed by atoms with E-state index in [9.17, 15) is 0 Å². The molecule has 2 rings (SSSR count). The van der Waals surface area contributed by atoms with Gasteiger partial charge in [0, 0.05) is 5.75 Å². The summed E-state index contributed by atoms with van der Waals surface area (Å²) in [6.45, 7) is 2.01. The van der Waals surface area contributed by atoms with Gasteiger partial charge in [0.1, 0.15) is 11.6 Å². The molecule has 0 fully saturated rings. The third kappa shape index (κ3) is 2.27. The Morgan fingerprint density at radius 3 is 2.71 bits per heavy atom. The number of benzene rings is 1. The van der Waals surface area contributed by atoms with Gasteiger partial charge in [-0.2, -0.15) is 9.62 Å². The van der Waals surface area contributed by atoms with Crippen molar-refractivity contribution in [3.05, 3.63) is 41.5 Å². The van der Waals surface area contributed by atoms with Gasteiger partial charge in [-0.25, -0.2) is 0 Å². The summed E-state index contributed by atoms with van der Waals surface area (Å²) in [6, 6.07) is 11.7. The number of nitrogens with one attached hydrogen (secondary N) is 2. The summed E-state index contributed by atoms with van der Waals surface area (Å²) in [4.78, 5) is 0. The Labute approximate surface area is 103 Å². The summed E-state index contributed by atoms with van der Waals surface area (Å²) < 4.78 is 7.38. The summed E-state index contributed by atoms with van der Waals surface area (Å²) >= 11 is 0. The van der Waals surface area contributed by atoms with Crippen LogP contribution < -0.4 is 4.72 Å². The van der Waals surface area contributed by atoms with Crippen LogP contribution in [0.1, 0.15) is 12.5 Å². The topological polar surface area (TPSA) is 72.0 Å². The van der Waals surface area contributed by atoms with Crippen LogP contribution in [0.4, 0.5) is 0 Å². The Bertz CT molecular complexity index is 552. The van der Waals surface area contributed by atoms with Gasteiger partial charge in [0.25, 0.3) is 0 Å². The molecule has 0 spiro atoms. The SMILES string of the molecule is CCS1=NC(=N)C(C#N)=C(c2ccccc2)N1. The van der Waals surface area contributed by atoms with Gasteiger partial charge < -0.3 is 4.72 Å². The molecule has 0 saturated carbocycles. The normalized spacial score (nSPS) is 19.3. The Balaban J connectivity index is 2.50. The fourth-order valence-electron chi connectivity index (χ4n) is 1.52. The molecular formula is C12H12N4S. The fraction of sp³-hybridized carbons (Fsp3) is 0.167. The average Bonchev–Trinajstić information content (AvgIpc) is 2.38. The largest absolute Gasteiger partial charge is 0.319 e. The van der Waals surface area contributed by atoms with Crippen molar-refractivity contribution in [2.75, 3.05) is 5.75 Å². The van der Waals surface area contributed by atoms with Crippen LogP contribution in [0.15, 0.2) is 40.3 Å². The smallest absolute Gasteiger partial charge is 0.173 e. The highest BCUT2D eigenvalue weighted by Gasteiger charge is 2.19. The van der Waals surface area contributed by atoms with Crippen molar-refractivity contribution in [2.24, 2.45) is 4.36 Å². The molecule has 1 aromatic carbocycles. The summed E-state index contributed by atoms with van der Waals surface area (Å²) in [6.07, 6.45) is 0. The lowest BCUT2D eigenvalue weighted by Crippen LogP contribution is -2.25. The lowest BCUT2D eigenvalue weighted by atomic mass is 10.1. The summed E-state index contributed by atoms with van der Waals surface area (Å²) in [5, 5.41) is 16.9. The van der Waals surface area contributed by atoms with Crippen molar-refractivity contribution in [2.45, 2.75) is 6.92 Å². The molecule has 0 aromatic heterocycles. The average molecular weight is 244 g/mol. The zero-order valence-corrected chi connectivity index (χ0v) is 10.2. The molecule has 1 aliphatic rings. The first-order valence-electron chi connectivity index (χ1n) is 5.24. The Morgan fingerprint density at radius 1 is 1.41 bits per heavy atom. The Hall–Kier alpha value is -1.93. The Morgan fingerprint density at radius 2 is 2.12 bits per heavy atom. The van der Waals surface area contributed by atoms with Crippen molar-refractivity contribution >= 4 is 22.4 Å². The van der Waals surface area contributed by atoms with E-state index < -0.39 is 10.9 Å². The van der Waals surface area contributed by atoms with Gasteiger partial charge in [0.15, 0.2) is 5.84 Å². The van der Waals surface area contributed by atoms with E-state index >= 15 is 0 Å². The van der Waals surface area contributed by atoms with Gasteiger partial charge in [-0.3, -0.25) is 5.41 Å². The molecular weight excluding hydrogens is 232 g/mol. The van der Waals surface area contributed by atoms with E-state index in [1.165, 1.54) is 0 Å². The van der Waals surface area contributed by atoms with Crippen molar-refractivity contribution in [3.63, 3.8) is 0 Å². The van der Waals surface area contributed by atoms with Gasteiger partial charge in [0.2, 0.25) is 0 Å². The predicted octanol–water partition coefficient (Wildman–Crippen LogP) is 2.24. The number of hydrogen-bond acceptors (Lipinski definition) is 3. The summed E-state index contributed by atoms with van der Waals surface area (Å²) in [7, 11) is -0.393. The minimum Gasteiger partial charge on any atom is -0.319 e. The third-order valence-electron chi connectivity index (χ3n) is 2.36. The van der Waals surface area contributed by atoms with Gasteiger partial charge in [-0.15, -0.1) is 0 Å². The molecule has 1 aromatic rings. The molecule has 17 heavy (non-hydrogen) atoms. The molecule has 0 saturated heterocycles. The van der Waals surface area contributed by atoms with E-state index in [0.717, 1.165) is 17.0 Å². The minimum absolute atomic E-state index is 0.0790. The maximum absolute atomic E-state index is 9.11. The van der Waals surface area contributed by atoms with E-state index in [1.807, 2.05) is 37.3 Å². The maximum Gasteiger partial charge on any atom is 0.173 e. The summed E-state index contributed by atoms with van der Waals surface area (Å²) in [5.74, 6) is 0.896. The lowest BCUT2D eigenvalue weighted by molar-refractivity contribution is 1.29. The van der Waals surface area contributed by atoms with E-state index in [0.29, 0.717) is 5.57 Å². The quantitative estimate of drug-likeness (QED) is 0.837. The first-order valence-corrected chi connectivity index (χ1v) is 6.59. The second-order valence-corrected chi connectivity index (χ2v) is 5.12. The zero-order valence-electron chi connectivity index (χ0n) is 9.40. The summed E-state index contributed by atoms with van der Waals surface area (Å²) in [5.41, 5.74) is 1.96. The fourth-order valence-corrected chi connectivity index (χ4v) is 2.61. The van der Waals surface area contributed by atoms with Crippen LogP contribution >= 0.6 is 0 Å². The van der Waals surface area contributed by atoms with Crippen molar-refractivity contribution in [3.8, 4) is 6.07 Å². The highest BCUT2D eigenvalue weighted by atomic mass is 32.2. The lowest BCUT2D eigenvalue weighted by Gasteiger charge is -2.19. The van der Waals surface area contributed by atoms with E-state index in [4.69, 9.17) is 10.7 Å². The van der Waals surface area contributed by atoms with Crippen LogP contribution in [-0.4, -0.2) is 11.6 Å². The van der Waals surface area contributed by atoms with E-state index in [2.05, 4.69) is 15.2 Å². The molecule has 2 N–H and O–H groups in total.